The second kappa shape index (κ2) is 9.19. The van der Waals surface area contributed by atoms with Crippen LogP contribution >= 0.6 is 11.6 Å². The highest BCUT2D eigenvalue weighted by Gasteiger charge is 2.34. The number of aromatic amines is 1. The number of carboxylic acids is 1. The number of hydrogen-bond donors (Lipinski definition) is 0. The Labute approximate surface area is 201 Å². The predicted octanol–water partition coefficient (Wildman–Crippen LogP) is 4.07. The van der Waals surface area contributed by atoms with Gasteiger partial charge in [0.05, 0.1) is 5.69 Å². The van der Waals surface area contributed by atoms with E-state index in [1.807, 2.05) is 42.7 Å². The summed E-state index contributed by atoms with van der Waals surface area (Å²) in [6.07, 6.45) is -1.46. The zero-order valence-electron chi connectivity index (χ0n) is 17.6. The number of carbonyl (C=O) groups is 3. The number of nitrogens with zero attached hydrogens (tertiary/aromatic N) is 1. The molecule has 2 amide bonds. The van der Waals surface area contributed by atoms with Crippen molar-refractivity contribution in [3.05, 3.63) is 95.3 Å². The summed E-state index contributed by atoms with van der Waals surface area (Å²) in [7, 11) is 0. The largest absolute Gasteiger partial charge is 0.542 e. The number of anilines is 1. The number of H-pyrrole nitrogens is 1. The van der Waals surface area contributed by atoms with E-state index in [1.165, 1.54) is 4.90 Å². The molecule has 0 unspecified atom stereocenters. The first kappa shape index (κ1) is 23.9. The summed E-state index contributed by atoms with van der Waals surface area (Å²) in [6.45, 7) is 0. The molecular formula is C25H14ClF3N2O4. The van der Waals surface area contributed by atoms with Gasteiger partial charge in [-0.15, -0.1) is 0 Å². The molecule has 1 aliphatic rings. The fourth-order valence-electron chi connectivity index (χ4n) is 3.76. The number of amides is 2. The van der Waals surface area contributed by atoms with Crippen LogP contribution in [0, 0.1) is 0 Å². The van der Waals surface area contributed by atoms with Crippen LogP contribution < -0.4 is 15.0 Å². The van der Waals surface area contributed by atoms with E-state index in [-0.39, 0.29) is 11.8 Å². The Morgan fingerprint density at radius 2 is 1.51 bits per heavy atom. The Morgan fingerprint density at radius 3 is 2.11 bits per heavy atom. The fourth-order valence-corrected chi connectivity index (χ4v) is 3.94. The number of hydrogen-bond acceptors (Lipinski definition) is 4. The third-order valence-corrected chi connectivity index (χ3v) is 5.46. The molecule has 0 atom stereocenters. The molecule has 0 radical (unpaired) electrons. The number of benzene rings is 3. The molecule has 0 spiro atoms. The molecule has 1 N–H and O–H groups in total. The molecule has 0 bridgehead atoms. The van der Waals surface area contributed by atoms with Gasteiger partial charge in [-0.3, -0.25) is 9.59 Å². The van der Waals surface area contributed by atoms with Crippen LogP contribution in [0.1, 0.15) is 20.7 Å². The zero-order chi connectivity index (χ0) is 25.3. The van der Waals surface area contributed by atoms with Crippen LogP contribution in [0.2, 0.25) is 5.02 Å². The topological polar surface area (TPSA) is 91.6 Å². The SMILES string of the molecule is O=C([O-])C(F)(F)F.O=C1c2cccc3c(-c4ccc[nH+]c4)ccc(c23)C(=O)N1c1cccc(Cl)c1. The van der Waals surface area contributed by atoms with Crippen molar-refractivity contribution >= 4 is 45.8 Å². The fraction of sp³-hybridized carbons (Fsp3) is 0.0400. The second-order valence-electron chi connectivity index (χ2n) is 7.39. The number of carbonyl (C=O) groups excluding carboxylic acids is 3. The van der Waals surface area contributed by atoms with Gasteiger partial charge in [-0.1, -0.05) is 35.9 Å². The van der Waals surface area contributed by atoms with Gasteiger partial charge >= 0.3 is 6.18 Å². The van der Waals surface area contributed by atoms with E-state index in [0.29, 0.717) is 27.2 Å². The van der Waals surface area contributed by atoms with Gasteiger partial charge in [0, 0.05) is 33.2 Å². The van der Waals surface area contributed by atoms with Crippen molar-refractivity contribution < 1.29 is 37.6 Å². The lowest BCUT2D eigenvalue weighted by Crippen LogP contribution is -2.40. The van der Waals surface area contributed by atoms with Crippen molar-refractivity contribution in [1.29, 1.82) is 0 Å². The molecule has 0 fully saturated rings. The number of imide groups is 1. The van der Waals surface area contributed by atoms with Crippen LogP contribution in [0.25, 0.3) is 21.9 Å². The Morgan fingerprint density at radius 1 is 0.886 bits per heavy atom. The summed E-state index contributed by atoms with van der Waals surface area (Å²) in [5, 5.41) is 10.8. The molecule has 6 nitrogen and oxygen atoms in total. The van der Waals surface area contributed by atoms with Crippen molar-refractivity contribution in [1.82, 2.24) is 0 Å². The van der Waals surface area contributed by atoms with Gasteiger partial charge in [-0.05, 0) is 47.3 Å². The number of halogens is 4. The maximum absolute atomic E-state index is 13.2. The third kappa shape index (κ3) is 4.58. The summed E-state index contributed by atoms with van der Waals surface area (Å²) in [4.78, 5) is 39.5. The van der Waals surface area contributed by atoms with Crippen molar-refractivity contribution in [2.75, 3.05) is 4.90 Å². The molecule has 10 heteroatoms. The summed E-state index contributed by atoms with van der Waals surface area (Å²) in [5.41, 5.74) is 3.44. The molecule has 0 saturated heterocycles. The van der Waals surface area contributed by atoms with Gasteiger partial charge < -0.3 is 9.90 Å². The van der Waals surface area contributed by atoms with Crippen LogP contribution in [-0.4, -0.2) is 24.0 Å². The van der Waals surface area contributed by atoms with Crippen LogP contribution in [0.3, 0.4) is 0 Å². The van der Waals surface area contributed by atoms with Crippen LogP contribution in [0.15, 0.2) is 79.1 Å². The van der Waals surface area contributed by atoms with Gasteiger partial charge in [0.1, 0.15) is 5.97 Å². The number of nitrogens with one attached hydrogen (secondary N) is 1. The van der Waals surface area contributed by atoms with Gasteiger partial charge in [0.25, 0.3) is 11.8 Å². The normalized spacial score (nSPS) is 12.9. The Kier molecular flexibility index (Phi) is 6.27. The number of aromatic nitrogens is 1. The summed E-state index contributed by atoms with van der Waals surface area (Å²) in [5.74, 6) is -3.70. The quantitative estimate of drug-likeness (QED) is 0.389. The standard InChI is InChI=1S/C23H13ClN2O2.C2HF3O2/c24-15-5-1-6-16(12-15)26-22(27)19-8-2-7-18-17(14-4-3-11-25-13-14)9-10-20(21(18)19)23(26)28;3-2(4,5)1(6)7/h1-13H;(H,6,7). The summed E-state index contributed by atoms with van der Waals surface area (Å²) < 4.78 is 31.5. The molecule has 0 aliphatic carbocycles. The lowest BCUT2D eigenvalue weighted by Gasteiger charge is -2.28. The second-order valence-corrected chi connectivity index (χ2v) is 7.83. The van der Waals surface area contributed by atoms with Gasteiger partial charge in [-0.25, -0.2) is 9.88 Å². The number of carboxylic acid groups (broad SMARTS) is 1. The Bertz CT molecular complexity index is 1450. The van der Waals surface area contributed by atoms with E-state index in [1.54, 1.807) is 36.4 Å². The summed E-state index contributed by atoms with van der Waals surface area (Å²) >= 11 is 6.08. The van der Waals surface area contributed by atoms with Crippen molar-refractivity contribution in [2.24, 2.45) is 0 Å². The third-order valence-electron chi connectivity index (χ3n) is 5.22. The highest BCUT2D eigenvalue weighted by molar-refractivity contribution is 6.37. The highest BCUT2D eigenvalue weighted by atomic mass is 35.5. The van der Waals surface area contributed by atoms with E-state index in [4.69, 9.17) is 21.5 Å². The van der Waals surface area contributed by atoms with Gasteiger partial charge in [-0.2, -0.15) is 13.2 Å². The van der Waals surface area contributed by atoms with Crippen LogP contribution in [0.4, 0.5) is 18.9 Å². The van der Waals surface area contributed by atoms with E-state index < -0.39 is 12.1 Å². The minimum Gasteiger partial charge on any atom is -0.542 e. The Balaban J connectivity index is 0.000000364. The first-order chi connectivity index (χ1) is 16.6. The number of pyridine rings is 1. The molecular weight excluding hydrogens is 485 g/mol. The van der Waals surface area contributed by atoms with Crippen LogP contribution in [-0.2, 0) is 4.79 Å². The predicted molar refractivity (Wildman–Crippen MR) is 120 cm³/mol. The molecule has 1 aromatic heterocycles. The molecule has 5 rings (SSSR count). The molecule has 35 heavy (non-hydrogen) atoms. The lowest BCUT2D eigenvalue weighted by molar-refractivity contribution is -0.377. The molecule has 3 aromatic carbocycles. The zero-order valence-corrected chi connectivity index (χ0v) is 18.4. The number of alkyl halides is 3. The minimum absolute atomic E-state index is 0.345. The molecule has 2 heterocycles. The monoisotopic (exact) mass is 498 g/mol. The first-order valence-electron chi connectivity index (χ1n) is 10.0. The van der Waals surface area contributed by atoms with Crippen molar-refractivity contribution in [2.45, 2.75) is 6.18 Å². The lowest BCUT2D eigenvalue weighted by atomic mass is 9.89. The Hall–Kier alpha value is -4.24. The van der Waals surface area contributed by atoms with Crippen molar-refractivity contribution in [3.8, 4) is 11.1 Å². The van der Waals surface area contributed by atoms with E-state index in [9.17, 15) is 22.8 Å². The molecule has 176 valence electrons. The van der Waals surface area contributed by atoms with E-state index in [2.05, 4.69) is 4.98 Å². The van der Waals surface area contributed by atoms with E-state index >= 15 is 0 Å². The summed E-state index contributed by atoms with van der Waals surface area (Å²) in [6, 6.07) is 20.0. The smallest absolute Gasteiger partial charge is 0.430 e. The first-order valence-corrected chi connectivity index (χ1v) is 10.4. The maximum atomic E-state index is 13.2. The number of aliphatic carboxylic acids is 1. The molecule has 4 aromatic rings. The van der Waals surface area contributed by atoms with Crippen LogP contribution in [0.5, 0.6) is 0 Å². The van der Waals surface area contributed by atoms with E-state index in [0.717, 1.165) is 16.5 Å². The number of rotatable bonds is 2. The average molecular weight is 499 g/mol. The average Bonchev–Trinajstić information content (AvgIpc) is 2.83. The van der Waals surface area contributed by atoms with Crippen molar-refractivity contribution in [3.63, 3.8) is 0 Å². The highest BCUT2D eigenvalue weighted by Crippen LogP contribution is 2.37. The molecule has 0 saturated carbocycles. The van der Waals surface area contributed by atoms with Gasteiger partial charge in [0.2, 0.25) is 0 Å². The maximum Gasteiger partial charge on any atom is 0.430 e. The van der Waals surface area contributed by atoms with Gasteiger partial charge in [0.15, 0.2) is 12.4 Å². The molecule has 1 aliphatic heterocycles. The minimum atomic E-state index is -5.19.